The number of ether oxygens (including phenoxy) is 3. The molecule has 0 amide bonds. The molecule has 1 saturated heterocycles. The Morgan fingerprint density at radius 3 is 2.17 bits per heavy atom. The molecule has 5 heteroatoms. The van der Waals surface area contributed by atoms with E-state index in [1.54, 1.807) is 26.4 Å². The highest BCUT2D eigenvalue weighted by molar-refractivity contribution is 6.01. The molecule has 1 aliphatic heterocycles. The smallest absolute Gasteiger partial charge is 0.159 e. The number of anilines is 1. The van der Waals surface area contributed by atoms with Crippen LogP contribution in [0.15, 0.2) is 97.1 Å². The van der Waals surface area contributed by atoms with Crippen molar-refractivity contribution < 1.29 is 18.6 Å². The number of fused-ring (bicyclic) bond motifs is 1. The van der Waals surface area contributed by atoms with Crippen molar-refractivity contribution in [3.8, 4) is 5.75 Å². The molecule has 42 heavy (non-hydrogen) atoms. The average molecular weight is 564 g/mol. The van der Waals surface area contributed by atoms with Gasteiger partial charge in [-0.3, -0.25) is 0 Å². The Balaban J connectivity index is 1.28. The van der Waals surface area contributed by atoms with E-state index in [0.29, 0.717) is 12.5 Å². The number of halogens is 1. The van der Waals surface area contributed by atoms with Crippen LogP contribution in [-0.2, 0) is 22.5 Å². The second kappa shape index (κ2) is 12.9. The molecule has 6 rings (SSSR count). The molecule has 0 aromatic heterocycles. The fourth-order valence-corrected chi connectivity index (χ4v) is 6.42. The van der Waals surface area contributed by atoms with Crippen molar-refractivity contribution in [3.63, 3.8) is 0 Å². The molecule has 4 nitrogen and oxygen atoms in total. The van der Waals surface area contributed by atoms with Crippen LogP contribution in [0.2, 0.25) is 0 Å². The zero-order valence-corrected chi connectivity index (χ0v) is 24.4. The van der Waals surface area contributed by atoms with Crippen LogP contribution < -0.4 is 9.64 Å². The third kappa shape index (κ3) is 6.13. The van der Waals surface area contributed by atoms with Crippen LogP contribution in [0.25, 0.3) is 11.1 Å². The summed E-state index contributed by atoms with van der Waals surface area (Å²) in [6.45, 7) is 2.50. The Kier molecular flexibility index (Phi) is 8.68. The maximum absolute atomic E-state index is 13.8. The van der Waals surface area contributed by atoms with Gasteiger partial charge in [-0.1, -0.05) is 60.7 Å². The first-order valence-electron chi connectivity index (χ1n) is 14.8. The van der Waals surface area contributed by atoms with Crippen molar-refractivity contribution in [2.45, 2.75) is 38.6 Å². The van der Waals surface area contributed by atoms with Crippen molar-refractivity contribution in [3.05, 3.63) is 131 Å². The van der Waals surface area contributed by atoms with Gasteiger partial charge in [0.1, 0.15) is 18.2 Å². The van der Waals surface area contributed by atoms with Gasteiger partial charge in [-0.25, -0.2) is 4.39 Å². The van der Waals surface area contributed by atoms with Crippen molar-refractivity contribution >= 4 is 16.8 Å². The van der Waals surface area contributed by atoms with Gasteiger partial charge in [-0.15, -0.1) is 0 Å². The molecule has 1 fully saturated rings. The van der Waals surface area contributed by atoms with Gasteiger partial charge < -0.3 is 19.1 Å². The van der Waals surface area contributed by atoms with E-state index in [0.717, 1.165) is 55.6 Å². The number of nitrogens with zero attached hydrogens (tertiary/aromatic N) is 1. The lowest BCUT2D eigenvalue weighted by atomic mass is 9.79. The van der Waals surface area contributed by atoms with E-state index in [1.165, 1.54) is 33.5 Å². The Morgan fingerprint density at radius 2 is 1.48 bits per heavy atom. The van der Waals surface area contributed by atoms with Crippen molar-refractivity contribution in [1.29, 1.82) is 0 Å². The first-order chi connectivity index (χ1) is 20.6. The minimum atomic E-state index is -0.215. The van der Waals surface area contributed by atoms with Gasteiger partial charge in [0.15, 0.2) is 6.29 Å². The molecule has 1 aliphatic carbocycles. The van der Waals surface area contributed by atoms with E-state index in [1.807, 2.05) is 30.3 Å². The van der Waals surface area contributed by atoms with E-state index in [4.69, 9.17) is 14.2 Å². The topological polar surface area (TPSA) is 30.9 Å². The van der Waals surface area contributed by atoms with E-state index in [9.17, 15) is 4.39 Å². The second-order valence-electron chi connectivity index (χ2n) is 11.2. The number of hydrogen-bond acceptors (Lipinski definition) is 4. The minimum absolute atomic E-state index is 0.137. The fraction of sp³-hybridized carbons (Fsp3) is 0.297. The van der Waals surface area contributed by atoms with Gasteiger partial charge >= 0.3 is 0 Å². The SMILES string of the molecule is COC(OC)C1CCN(c2ccc(C3=C(c4ccc(F)cc4)CCc4cc(OCc5ccccc5)ccc43)cc2)CC1. The third-order valence-electron chi connectivity index (χ3n) is 8.64. The maximum Gasteiger partial charge on any atom is 0.159 e. The zero-order valence-electron chi connectivity index (χ0n) is 24.4. The first-order valence-corrected chi connectivity index (χ1v) is 14.8. The Hall–Kier alpha value is -3.93. The summed E-state index contributed by atoms with van der Waals surface area (Å²) in [5, 5.41) is 0. The van der Waals surface area contributed by atoms with E-state index in [2.05, 4.69) is 59.5 Å². The molecule has 216 valence electrons. The fourth-order valence-electron chi connectivity index (χ4n) is 6.42. The van der Waals surface area contributed by atoms with Crippen LogP contribution in [0.3, 0.4) is 0 Å². The molecule has 4 aromatic rings. The van der Waals surface area contributed by atoms with Gasteiger partial charge in [0, 0.05) is 38.9 Å². The van der Waals surface area contributed by atoms with Crippen LogP contribution in [0, 0.1) is 11.7 Å². The monoisotopic (exact) mass is 563 g/mol. The normalized spacial score (nSPS) is 15.7. The number of allylic oxidation sites excluding steroid dienone is 1. The Morgan fingerprint density at radius 1 is 0.786 bits per heavy atom. The standard InChI is InChI=1S/C37H38FNO3/c1-40-37(41-2)29-20-22-39(23-21-29)32-15-10-28(11-16-32)36-34(27-8-13-31(38)14-9-27)18-12-30-24-33(17-19-35(30)36)42-25-26-6-4-3-5-7-26/h3-11,13-17,19,24,29,37H,12,18,20-23,25H2,1-2H3. The van der Waals surface area contributed by atoms with Gasteiger partial charge in [-0.2, -0.15) is 0 Å². The summed E-state index contributed by atoms with van der Waals surface area (Å²) in [7, 11) is 3.44. The highest BCUT2D eigenvalue weighted by Gasteiger charge is 2.27. The molecule has 0 spiro atoms. The number of aryl methyl sites for hydroxylation is 1. The van der Waals surface area contributed by atoms with Crippen LogP contribution in [-0.4, -0.2) is 33.6 Å². The van der Waals surface area contributed by atoms with Crippen molar-refractivity contribution in [2.75, 3.05) is 32.2 Å². The quantitative estimate of drug-likeness (QED) is 0.192. The van der Waals surface area contributed by atoms with Crippen LogP contribution in [0.5, 0.6) is 5.75 Å². The summed E-state index contributed by atoms with van der Waals surface area (Å²) < 4.78 is 31.0. The van der Waals surface area contributed by atoms with Gasteiger partial charge in [-0.05, 0) is 101 Å². The molecule has 0 atom stereocenters. The third-order valence-corrected chi connectivity index (χ3v) is 8.64. The Bertz CT molecular complexity index is 1500. The summed E-state index contributed by atoms with van der Waals surface area (Å²) in [4.78, 5) is 2.45. The molecule has 0 N–H and O–H groups in total. The van der Waals surface area contributed by atoms with Gasteiger partial charge in [0.2, 0.25) is 0 Å². The Labute approximate surface area is 248 Å². The van der Waals surface area contributed by atoms with Crippen molar-refractivity contribution in [1.82, 2.24) is 0 Å². The summed E-state index contributed by atoms with van der Waals surface area (Å²) in [6.07, 6.45) is 3.73. The zero-order chi connectivity index (χ0) is 28.9. The van der Waals surface area contributed by atoms with E-state index >= 15 is 0 Å². The number of benzene rings is 4. The lowest BCUT2D eigenvalue weighted by molar-refractivity contribution is -0.141. The highest BCUT2D eigenvalue weighted by Crippen LogP contribution is 2.42. The van der Waals surface area contributed by atoms with Crippen LogP contribution >= 0.6 is 0 Å². The number of methoxy groups -OCH3 is 2. The predicted octanol–water partition coefficient (Wildman–Crippen LogP) is 8.15. The summed E-state index contributed by atoms with van der Waals surface area (Å²) >= 11 is 0. The van der Waals surface area contributed by atoms with Gasteiger partial charge in [0.25, 0.3) is 0 Å². The number of piperidine rings is 1. The molecule has 0 radical (unpaired) electrons. The number of rotatable bonds is 9. The molecular weight excluding hydrogens is 525 g/mol. The molecule has 0 unspecified atom stereocenters. The molecule has 2 aliphatic rings. The van der Waals surface area contributed by atoms with Crippen LogP contribution in [0.1, 0.15) is 47.1 Å². The minimum Gasteiger partial charge on any atom is -0.489 e. The number of hydrogen-bond donors (Lipinski definition) is 0. The predicted molar refractivity (Wildman–Crippen MR) is 167 cm³/mol. The van der Waals surface area contributed by atoms with Gasteiger partial charge in [0.05, 0.1) is 0 Å². The first kappa shape index (κ1) is 28.2. The van der Waals surface area contributed by atoms with E-state index in [-0.39, 0.29) is 12.1 Å². The summed E-state index contributed by atoms with van der Waals surface area (Å²) in [5.74, 6) is 1.08. The second-order valence-corrected chi connectivity index (χ2v) is 11.2. The molecule has 0 bridgehead atoms. The molecule has 0 saturated carbocycles. The molecule has 1 heterocycles. The highest BCUT2D eigenvalue weighted by atomic mass is 19.1. The van der Waals surface area contributed by atoms with Crippen LogP contribution in [0.4, 0.5) is 10.1 Å². The van der Waals surface area contributed by atoms with Crippen molar-refractivity contribution in [2.24, 2.45) is 5.92 Å². The maximum atomic E-state index is 13.8. The molecular formula is C37H38FNO3. The average Bonchev–Trinajstić information content (AvgIpc) is 3.05. The lowest BCUT2D eigenvalue weighted by Gasteiger charge is -2.36. The summed E-state index contributed by atoms with van der Waals surface area (Å²) in [6, 6.07) is 32.6. The summed E-state index contributed by atoms with van der Waals surface area (Å²) in [5.41, 5.74) is 9.57. The lowest BCUT2D eigenvalue weighted by Crippen LogP contribution is -2.39. The van der Waals surface area contributed by atoms with E-state index < -0.39 is 0 Å². The largest absolute Gasteiger partial charge is 0.489 e. The molecule has 4 aromatic carbocycles.